The van der Waals surface area contributed by atoms with E-state index in [4.69, 9.17) is 0 Å². The van der Waals surface area contributed by atoms with Crippen molar-refractivity contribution in [2.75, 3.05) is 11.5 Å². The van der Waals surface area contributed by atoms with Crippen molar-refractivity contribution >= 4 is 17.4 Å². The Morgan fingerprint density at radius 2 is 2.44 bits per heavy atom. The van der Waals surface area contributed by atoms with Crippen LogP contribution in [0.3, 0.4) is 0 Å². The Balaban J connectivity index is 2.00. The van der Waals surface area contributed by atoms with E-state index in [0.29, 0.717) is 5.92 Å². The molecule has 1 atom stereocenters. The van der Waals surface area contributed by atoms with Gasteiger partial charge in [-0.3, -0.25) is 4.79 Å². The molecule has 0 aliphatic carbocycles. The van der Waals surface area contributed by atoms with E-state index in [1.54, 1.807) is 12.1 Å². The number of hydrogen-bond acceptors (Lipinski definition) is 2. The van der Waals surface area contributed by atoms with Gasteiger partial charge in [-0.2, -0.15) is 11.8 Å². The lowest BCUT2D eigenvalue weighted by atomic mass is 10.0. The van der Waals surface area contributed by atoms with E-state index >= 15 is 0 Å². The highest BCUT2D eigenvalue weighted by molar-refractivity contribution is 7.99. The summed E-state index contributed by atoms with van der Waals surface area (Å²) in [7, 11) is 0. The van der Waals surface area contributed by atoms with Gasteiger partial charge in [0.25, 0.3) is 0 Å². The van der Waals surface area contributed by atoms with Gasteiger partial charge < -0.3 is 9.38 Å². The van der Waals surface area contributed by atoms with Gasteiger partial charge in [0.05, 0.1) is 0 Å². The lowest BCUT2D eigenvalue weighted by molar-refractivity contribution is 0.647. The third-order valence-electron chi connectivity index (χ3n) is 3.11. The summed E-state index contributed by atoms with van der Waals surface area (Å²) in [6.07, 6.45) is 6.49. The van der Waals surface area contributed by atoms with Crippen molar-refractivity contribution in [3.05, 3.63) is 40.4 Å². The normalized spacial score (nSPS) is 21.4. The summed E-state index contributed by atoms with van der Waals surface area (Å²) in [6.45, 7) is 0. The molecule has 1 aliphatic rings. The highest BCUT2D eigenvalue weighted by Gasteiger charge is 2.17. The molecular formula is C12H14N2OS. The molecule has 0 bridgehead atoms. The van der Waals surface area contributed by atoms with E-state index < -0.39 is 0 Å². The van der Waals surface area contributed by atoms with E-state index in [0.717, 1.165) is 5.65 Å². The number of aromatic amines is 1. The smallest absolute Gasteiger partial charge is 0.183 e. The SMILES string of the molecule is O=c1ccn2cc(C3CCCSC3)[nH]c2c1. The molecule has 1 unspecified atom stereocenters. The van der Waals surface area contributed by atoms with Crippen LogP contribution in [0.1, 0.15) is 24.5 Å². The summed E-state index contributed by atoms with van der Waals surface area (Å²) >= 11 is 2.02. The summed E-state index contributed by atoms with van der Waals surface area (Å²) in [6, 6.07) is 3.25. The Morgan fingerprint density at radius 1 is 1.50 bits per heavy atom. The molecule has 2 aromatic heterocycles. The zero-order valence-electron chi connectivity index (χ0n) is 8.98. The van der Waals surface area contributed by atoms with Crippen molar-refractivity contribution in [3.8, 4) is 0 Å². The highest BCUT2D eigenvalue weighted by Crippen LogP contribution is 2.30. The molecule has 4 heteroatoms. The predicted octanol–water partition coefficient (Wildman–Crippen LogP) is 2.24. The van der Waals surface area contributed by atoms with E-state index in [-0.39, 0.29) is 5.43 Å². The first-order valence-electron chi connectivity index (χ1n) is 5.61. The molecule has 1 saturated heterocycles. The Bertz CT molecular complexity index is 551. The first-order chi connectivity index (χ1) is 7.83. The molecule has 3 nitrogen and oxygen atoms in total. The first-order valence-corrected chi connectivity index (χ1v) is 6.77. The van der Waals surface area contributed by atoms with E-state index in [1.165, 1.54) is 30.0 Å². The van der Waals surface area contributed by atoms with Gasteiger partial charge in [-0.25, -0.2) is 0 Å². The number of nitrogens with one attached hydrogen (secondary N) is 1. The summed E-state index contributed by atoms with van der Waals surface area (Å²) in [5.41, 5.74) is 2.22. The van der Waals surface area contributed by atoms with Gasteiger partial charge in [0.15, 0.2) is 5.43 Å². The molecule has 0 radical (unpaired) electrons. The number of imidazole rings is 1. The summed E-state index contributed by atoms with van der Waals surface area (Å²) in [5, 5.41) is 0. The van der Waals surface area contributed by atoms with Crippen LogP contribution in [0.25, 0.3) is 5.65 Å². The molecule has 16 heavy (non-hydrogen) atoms. The maximum atomic E-state index is 11.2. The van der Waals surface area contributed by atoms with Crippen LogP contribution in [0.15, 0.2) is 29.3 Å². The first kappa shape index (κ1) is 10.0. The summed E-state index contributed by atoms with van der Waals surface area (Å²) < 4.78 is 2.00. The standard InChI is InChI=1S/C12H14N2OS/c15-10-3-4-14-7-11(13-12(14)6-10)9-2-1-5-16-8-9/h3-4,6-7,9,13H,1-2,5,8H2. The zero-order chi connectivity index (χ0) is 11.0. The van der Waals surface area contributed by atoms with E-state index in [2.05, 4.69) is 11.2 Å². The van der Waals surface area contributed by atoms with Gasteiger partial charge in [0.2, 0.25) is 0 Å². The van der Waals surface area contributed by atoms with Crippen molar-refractivity contribution in [1.82, 2.24) is 9.38 Å². The maximum absolute atomic E-state index is 11.2. The van der Waals surface area contributed by atoms with Crippen LogP contribution in [0, 0.1) is 0 Å². The lowest BCUT2D eigenvalue weighted by Gasteiger charge is -2.19. The average Bonchev–Trinajstić information content (AvgIpc) is 2.73. The van der Waals surface area contributed by atoms with Crippen LogP contribution in [0.4, 0.5) is 0 Å². The third kappa shape index (κ3) is 1.78. The monoisotopic (exact) mass is 234 g/mol. The van der Waals surface area contributed by atoms with Gasteiger partial charge >= 0.3 is 0 Å². The summed E-state index contributed by atoms with van der Waals surface area (Å²) in [4.78, 5) is 14.6. The molecule has 0 aromatic carbocycles. The van der Waals surface area contributed by atoms with Crippen LogP contribution in [0.2, 0.25) is 0 Å². The molecule has 0 amide bonds. The minimum atomic E-state index is 0.0615. The van der Waals surface area contributed by atoms with Crippen LogP contribution in [-0.4, -0.2) is 20.9 Å². The Kier molecular flexibility index (Phi) is 2.52. The van der Waals surface area contributed by atoms with Gasteiger partial charge in [0.1, 0.15) is 5.65 Å². The van der Waals surface area contributed by atoms with Crippen molar-refractivity contribution in [2.24, 2.45) is 0 Å². The van der Waals surface area contributed by atoms with Crippen molar-refractivity contribution in [2.45, 2.75) is 18.8 Å². The Morgan fingerprint density at radius 3 is 3.25 bits per heavy atom. The number of H-pyrrole nitrogens is 1. The molecule has 84 valence electrons. The molecular weight excluding hydrogens is 220 g/mol. The second-order valence-corrected chi connectivity index (χ2v) is 5.43. The van der Waals surface area contributed by atoms with Crippen LogP contribution in [-0.2, 0) is 0 Å². The molecule has 0 spiro atoms. The van der Waals surface area contributed by atoms with Crippen molar-refractivity contribution < 1.29 is 0 Å². The van der Waals surface area contributed by atoms with Crippen molar-refractivity contribution in [1.29, 1.82) is 0 Å². The number of aromatic nitrogens is 2. The molecule has 0 saturated carbocycles. The zero-order valence-corrected chi connectivity index (χ0v) is 9.80. The number of fused-ring (bicyclic) bond motifs is 1. The number of pyridine rings is 1. The lowest BCUT2D eigenvalue weighted by Crippen LogP contribution is -2.08. The third-order valence-corrected chi connectivity index (χ3v) is 4.32. The highest BCUT2D eigenvalue weighted by atomic mass is 32.2. The van der Waals surface area contributed by atoms with Gasteiger partial charge in [-0.15, -0.1) is 0 Å². The average molecular weight is 234 g/mol. The van der Waals surface area contributed by atoms with Gasteiger partial charge in [-0.1, -0.05) is 0 Å². The fourth-order valence-electron chi connectivity index (χ4n) is 2.23. The largest absolute Gasteiger partial charge is 0.343 e. The molecule has 3 rings (SSSR count). The van der Waals surface area contributed by atoms with Crippen LogP contribution in [0.5, 0.6) is 0 Å². The van der Waals surface area contributed by atoms with Crippen LogP contribution < -0.4 is 5.43 Å². The molecule has 2 aromatic rings. The van der Waals surface area contributed by atoms with Gasteiger partial charge in [0, 0.05) is 41.9 Å². The maximum Gasteiger partial charge on any atom is 0.183 e. The molecule has 1 fully saturated rings. The molecule has 1 N–H and O–H groups in total. The number of rotatable bonds is 1. The fraction of sp³-hybridized carbons (Fsp3) is 0.417. The van der Waals surface area contributed by atoms with E-state index in [1.807, 2.05) is 22.4 Å². The predicted molar refractivity (Wildman–Crippen MR) is 67.3 cm³/mol. The second-order valence-electron chi connectivity index (χ2n) is 4.28. The minimum absolute atomic E-state index is 0.0615. The molecule has 1 aliphatic heterocycles. The minimum Gasteiger partial charge on any atom is -0.343 e. The number of thioether (sulfide) groups is 1. The number of hydrogen-bond donors (Lipinski definition) is 1. The fourth-order valence-corrected chi connectivity index (χ4v) is 3.40. The topological polar surface area (TPSA) is 37.3 Å². The van der Waals surface area contributed by atoms with Gasteiger partial charge in [-0.05, 0) is 18.6 Å². The summed E-state index contributed by atoms with van der Waals surface area (Å²) in [5.74, 6) is 3.10. The second kappa shape index (κ2) is 4.01. The number of nitrogens with zero attached hydrogens (tertiary/aromatic N) is 1. The Hall–Kier alpha value is -1.16. The Labute approximate surface area is 97.9 Å². The molecule has 3 heterocycles. The van der Waals surface area contributed by atoms with Crippen molar-refractivity contribution in [3.63, 3.8) is 0 Å². The quantitative estimate of drug-likeness (QED) is 0.821. The van der Waals surface area contributed by atoms with Crippen LogP contribution >= 0.6 is 11.8 Å². The van der Waals surface area contributed by atoms with E-state index in [9.17, 15) is 4.79 Å².